The van der Waals surface area contributed by atoms with E-state index in [1.807, 2.05) is 24.3 Å². The quantitative estimate of drug-likeness (QED) is 0.326. The van der Waals surface area contributed by atoms with Gasteiger partial charge in [-0.1, -0.05) is 55.5 Å². The largest absolute Gasteiger partial charge is 0.351 e. The molecule has 1 atom stereocenters. The molecule has 2 aromatic rings. The third-order valence-corrected chi connectivity index (χ3v) is 9.58. The van der Waals surface area contributed by atoms with Crippen LogP contribution in [-0.2, 0) is 36.6 Å². The molecule has 0 spiro atoms. The zero-order chi connectivity index (χ0) is 22.2. The first-order valence-electron chi connectivity index (χ1n) is 10.3. The lowest BCUT2D eigenvalue weighted by molar-refractivity contribution is 0.215. The molecule has 0 aromatic heterocycles. The van der Waals surface area contributed by atoms with Gasteiger partial charge in [0.05, 0.1) is 13.2 Å². The first-order valence-corrected chi connectivity index (χ1v) is 13.4. The molecule has 2 rings (SSSR count). The van der Waals surface area contributed by atoms with Crippen LogP contribution in [0, 0.1) is 0 Å². The van der Waals surface area contributed by atoms with E-state index in [1.54, 1.807) is 13.8 Å². The summed E-state index contributed by atoms with van der Waals surface area (Å²) in [5.41, 5.74) is 4.56. The molecular formula is C22H31O6PS. The summed E-state index contributed by atoms with van der Waals surface area (Å²) in [6.45, 7) is 5.39. The van der Waals surface area contributed by atoms with Gasteiger partial charge in [0.25, 0.3) is 10.1 Å². The number of benzene rings is 2. The molecule has 0 aliphatic heterocycles. The van der Waals surface area contributed by atoms with Crippen molar-refractivity contribution in [1.29, 1.82) is 0 Å². The maximum Gasteiger partial charge on any atom is 0.351 e. The summed E-state index contributed by atoms with van der Waals surface area (Å²) in [5.74, 6) is 0. The molecule has 2 aromatic carbocycles. The van der Waals surface area contributed by atoms with Crippen LogP contribution in [0.3, 0.4) is 0 Å². The van der Waals surface area contributed by atoms with Gasteiger partial charge in [0.15, 0.2) is 4.99 Å². The summed E-state index contributed by atoms with van der Waals surface area (Å²) in [7, 11) is -8.55. The van der Waals surface area contributed by atoms with Crippen LogP contribution in [0.5, 0.6) is 0 Å². The maximum atomic E-state index is 12.9. The highest BCUT2D eigenvalue weighted by Crippen LogP contribution is 2.56. The fourth-order valence-electron chi connectivity index (χ4n) is 3.31. The molecule has 166 valence electrons. The van der Waals surface area contributed by atoms with Crippen LogP contribution in [0.1, 0.15) is 44.7 Å². The van der Waals surface area contributed by atoms with Crippen LogP contribution in [-0.4, -0.2) is 31.2 Å². The van der Waals surface area contributed by atoms with E-state index in [0.29, 0.717) is 12.8 Å². The van der Waals surface area contributed by atoms with Crippen molar-refractivity contribution in [2.24, 2.45) is 0 Å². The maximum absolute atomic E-state index is 12.9. The third kappa shape index (κ3) is 6.76. The molecule has 0 saturated heterocycles. The molecule has 0 heterocycles. The Balaban J connectivity index is 2.05. The standard InChI is InChI=1S/C22H31O6PS/c1-4-18-10-14-20(15-11-18)21-16-12-19(13-17-21)8-7-9-22(30(24,25)26)29(23,27-5-2)28-6-3/h10-17,22H,4-9H2,1-3H3,(H,24,25,26). The summed E-state index contributed by atoms with van der Waals surface area (Å²) >= 11 is 0. The molecule has 1 unspecified atom stereocenters. The highest BCUT2D eigenvalue weighted by Gasteiger charge is 2.43. The Hall–Kier alpha value is -1.50. The van der Waals surface area contributed by atoms with E-state index in [1.165, 1.54) is 5.56 Å². The van der Waals surface area contributed by atoms with Gasteiger partial charge >= 0.3 is 7.60 Å². The summed E-state index contributed by atoms with van der Waals surface area (Å²) in [6, 6.07) is 16.5. The Bertz CT molecular complexity index is 929. The van der Waals surface area contributed by atoms with Crippen LogP contribution < -0.4 is 0 Å². The van der Waals surface area contributed by atoms with Crippen LogP contribution in [0.2, 0.25) is 0 Å². The van der Waals surface area contributed by atoms with Gasteiger partial charge in [-0.3, -0.25) is 9.12 Å². The highest BCUT2D eigenvalue weighted by molar-refractivity contribution is 7.94. The van der Waals surface area contributed by atoms with Gasteiger partial charge in [-0.05, 0) is 61.8 Å². The molecule has 0 saturated carbocycles. The lowest BCUT2D eigenvalue weighted by Crippen LogP contribution is -2.23. The van der Waals surface area contributed by atoms with Gasteiger partial charge in [-0.15, -0.1) is 0 Å². The minimum Gasteiger partial charge on any atom is -0.308 e. The Labute approximate surface area is 179 Å². The van der Waals surface area contributed by atoms with Crippen molar-refractivity contribution in [1.82, 2.24) is 0 Å². The van der Waals surface area contributed by atoms with Gasteiger partial charge < -0.3 is 9.05 Å². The summed E-state index contributed by atoms with van der Waals surface area (Å²) < 4.78 is 56.4. The Morgan fingerprint density at radius 3 is 1.73 bits per heavy atom. The predicted octanol–water partition coefficient (Wildman–Crippen LogP) is 5.72. The molecule has 30 heavy (non-hydrogen) atoms. The Morgan fingerprint density at radius 1 is 0.867 bits per heavy atom. The first kappa shape index (κ1) is 24.8. The van der Waals surface area contributed by atoms with Crippen LogP contribution >= 0.6 is 7.60 Å². The van der Waals surface area contributed by atoms with E-state index >= 15 is 0 Å². The average Bonchev–Trinajstić information content (AvgIpc) is 2.71. The fraction of sp³-hybridized carbons (Fsp3) is 0.455. The van der Waals surface area contributed by atoms with Crippen molar-refractivity contribution in [3.8, 4) is 11.1 Å². The van der Waals surface area contributed by atoms with E-state index in [0.717, 1.165) is 23.1 Å². The van der Waals surface area contributed by atoms with Crippen molar-refractivity contribution in [2.45, 2.75) is 51.4 Å². The van der Waals surface area contributed by atoms with Crippen LogP contribution in [0.25, 0.3) is 11.1 Å². The van der Waals surface area contributed by atoms with Crippen molar-refractivity contribution in [3.63, 3.8) is 0 Å². The normalized spacial score (nSPS) is 13.3. The molecular weight excluding hydrogens is 423 g/mol. The molecule has 0 radical (unpaired) electrons. The monoisotopic (exact) mass is 454 g/mol. The SMILES string of the molecule is CCOP(=O)(OCC)C(CCCc1ccc(-c2ccc(CC)cc2)cc1)S(=O)(=O)O. The van der Waals surface area contributed by atoms with E-state index in [4.69, 9.17) is 9.05 Å². The molecule has 1 N–H and O–H groups in total. The van der Waals surface area contributed by atoms with E-state index in [2.05, 4.69) is 31.2 Å². The van der Waals surface area contributed by atoms with Crippen molar-refractivity contribution in [3.05, 3.63) is 59.7 Å². The molecule has 8 heteroatoms. The van der Waals surface area contributed by atoms with Gasteiger partial charge in [-0.25, -0.2) is 0 Å². The summed E-state index contributed by atoms with van der Waals surface area (Å²) in [5, 5.41) is 0. The smallest absolute Gasteiger partial charge is 0.308 e. The fourth-order valence-corrected chi connectivity index (χ4v) is 7.07. The average molecular weight is 455 g/mol. The molecule has 6 nitrogen and oxygen atoms in total. The van der Waals surface area contributed by atoms with Crippen LogP contribution in [0.15, 0.2) is 48.5 Å². The summed E-state index contributed by atoms with van der Waals surface area (Å²) in [4.78, 5) is -1.58. The number of hydrogen-bond donors (Lipinski definition) is 1. The Kier molecular flexibility index (Phi) is 9.26. The van der Waals surface area contributed by atoms with Gasteiger partial charge in [0, 0.05) is 0 Å². The van der Waals surface area contributed by atoms with Gasteiger partial charge in [0.2, 0.25) is 0 Å². The van der Waals surface area contributed by atoms with Gasteiger partial charge in [0.1, 0.15) is 0 Å². The first-order chi connectivity index (χ1) is 14.2. The topological polar surface area (TPSA) is 89.9 Å². The van der Waals surface area contributed by atoms with E-state index in [-0.39, 0.29) is 19.6 Å². The minimum atomic E-state index is -4.58. The van der Waals surface area contributed by atoms with Crippen molar-refractivity contribution < 1.29 is 26.6 Å². The predicted molar refractivity (Wildman–Crippen MR) is 120 cm³/mol. The van der Waals surface area contributed by atoms with Crippen molar-refractivity contribution >= 4 is 17.7 Å². The highest BCUT2D eigenvalue weighted by atomic mass is 32.2. The molecule has 0 fully saturated rings. The lowest BCUT2D eigenvalue weighted by atomic mass is 10.0. The number of rotatable bonds is 12. The molecule has 0 amide bonds. The zero-order valence-electron chi connectivity index (χ0n) is 17.8. The van der Waals surface area contributed by atoms with E-state index < -0.39 is 22.7 Å². The molecule has 0 aliphatic carbocycles. The van der Waals surface area contributed by atoms with Crippen molar-refractivity contribution in [2.75, 3.05) is 13.2 Å². The second-order valence-electron chi connectivity index (χ2n) is 6.98. The third-order valence-electron chi connectivity index (χ3n) is 4.88. The molecule has 0 aliphatic rings. The number of hydrogen-bond acceptors (Lipinski definition) is 5. The Morgan fingerprint density at radius 2 is 1.33 bits per heavy atom. The number of aryl methyl sites for hydroxylation is 2. The van der Waals surface area contributed by atoms with E-state index in [9.17, 15) is 17.5 Å². The minimum absolute atomic E-state index is 0.0175. The lowest BCUT2D eigenvalue weighted by Gasteiger charge is -2.24. The second-order valence-corrected chi connectivity index (χ2v) is 11.2. The zero-order valence-corrected chi connectivity index (χ0v) is 19.5. The van der Waals surface area contributed by atoms with Crippen LogP contribution in [0.4, 0.5) is 0 Å². The summed E-state index contributed by atoms with van der Waals surface area (Å²) in [6.07, 6.45) is 1.98. The second kappa shape index (κ2) is 11.2. The molecule has 0 bridgehead atoms. The van der Waals surface area contributed by atoms with Gasteiger partial charge in [-0.2, -0.15) is 8.42 Å².